The van der Waals surface area contributed by atoms with Gasteiger partial charge in [-0.2, -0.15) is 0 Å². The molecule has 5 heterocycles. The molecule has 0 unspecified atom stereocenters. The van der Waals surface area contributed by atoms with E-state index in [9.17, 15) is 4.79 Å². The van der Waals surface area contributed by atoms with Gasteiger partial charge in [-0.1, -0.05) is 278 Å². The SMILES string of the molecule is C.C.CCc1ccccc1C.Cc1c(C)c(C)c(C)c(C)c1C.Cc1cc2c(cc1C)C(C)(C)c1ccccc1-2.Cc1cc2ccccc2cc1C.Cc1cc2cccnc2cc1C.Cc1ccc2ccccc2c1C.Cc1ccc2ccccc2c1C.Cc1ccoc1C.Cc1ccsc1C.Cc1oc2ccccc2c1C.Cc1sc2ccccc2c1C.O=Cc1ccccc1.[3H]F.[3H][B].[B]=O. The van der Waals surface area contributed by atoms with Gasteiger partial charge in [0, 0.05) is 50.8 Å². The molecule has 0 aliphatic heterocycles. The molecule has 3 radical (unpaired) electrons. The van der Waals surface area contributed by atoms with Crippen molar-refractivity contribution < 1.29 is 23.1 Å². The van der Waals surface area contributed by atoms with Crippen LogP contribution in [0.15, 0.2) is 312 Å². The second kappa shape index (κ2) is 56.0. The van der Waals surface area contributed by atoms with E-state index in [1.54, 1.807) is 29.7 Å². The number of fused-ring (bicyclic) bond motifs is 9. The number of carbonyl (C=O) groups excluding carboxylic acids is 1. The van der Waals surface area contributed by atoms with Gasteiger partial charge >= 0.3 is 12.4 Å². The van der Waals surface area contributed by atoms with Gasteiger partial charge in [0.05, 0.1) is 11.8 Å². The summed E-state index contributed by atoms with van der Waals surface area (Å²) in [5.74, 6) is 2.03. The molecule has 5 aromatic heterocycles. The third-order valence-corrected chi connectivity index (χ3v) is 28.2. The molecule has 0 bridgehead atoms. The molecule has 0 amide bonds. The monoisotopic (exact) mass is 1850 g/mol. The second-order valence-electron chi connectivity index (χ2n) is 35.0. The van der Waals surface area contributed by atoms with Gasteiger partial charge in [-0.25, -0.2) is 0 Å². The number of aromatic nitrogens is 1. The van der Waals surface area contributed by atoms with E-state index < -0.39 is 0 Å². The summed E-state index contributed by atoms with van der Waals surface area (Å²) >= 11 is 3.68. The van der Waals surface area contributed by atoms with Crippen molar-refractivity contribution in [2.75, 3.05) is 0 Å². The van der Waals surface area contributed by atoms with Gasteiger partial charge in [-0.15, -0.1) is 22.7 Å². The average Bonchev–Trinajstić information content (AvgIpc) is 1.58. The summed E-state index contributed by atoms with van der Waals surface area (Å²) in [5, 5.41) is 14.1. The summed E-state index contributed by atoms with van der Waals surface area (Å²) in [6.45, 7) is 60.6. The molecule has 5 nitrogen and oxygen atoms in total. The number of nitrogens with zero attached hydrogens (tertiary/aromatic N) is 1. The van der Waals surface area contributed by atoms with Crippen LogP contribution in [0.4, 0.5) is 4.72 Å². The summed E-state index contributed by atoms with van der Waals surface area (Å²) in [7, 11) is 7.00. The third-order valence-electron chi connectivity index (χ3n) is 26.1. The first-order chi connectivity index (χ1) is 65.1. The van der Waals surface area contributed by atoms with Gasteiger partial charge in [-0.3, -0.25) is 14.5 Å². The van der Waals surface area contributed by atoms with Crippen LogP contribution in [0.2, 0.25) is 0 Å². The Morgan fingerprint density at radius 1 is 0.360 bits per heavy atom. The fraction of sp³-hybridized carbons (Fsp3) is 0.254. The van der Waals surface area contributed by atoms with Gasteiger partial charge < -0.3 is 8.83 Å². The Hall–Kier alpha value is -12.7. The molecule has 1 aliphatic rings. The van der Waals surface area contributed by atoms with Gasteiger partial charge in [-0.05, 0) is 411 Å². The fourth-order valence-corrected chi connectivity index (χ4v) is 17.4. The zero-order valence-corrected chi connectivity index (χ0v) is 86.2. The van der Waals surface area contributed by atoms with Crippen molar-refractivity contribution in [3.63, 3.8) is 0 Å². The van der Waals surface area contributed by atoms with Crippen molar-refractivity contribution in [3.05, 3.63) is 463 Å². The Bertz CT molecular complexity index is 6500. The van der Waals surface area contributed by atoms with Gasteiger partial charge in [0.2, 0.25) is 0 Å². The van der Waals surface area contributed by atoms with Crippen molar-refractivity contribution in [2.24, 2.45) is 0 Å². The Labute approximate surface area is 829 Å². The van der Waals surface area contributed by atoms with E-state index in [0.717, 1.165) is 40.9 Å². The number of hydrogen-bond donors (Lipinski definition) is 0. The number of rotatable bonds is 2. The van der Waals surface area contributed by atoms with Gasteiger partial charge in [0.1, 0.15) is 23.4 Å². The summed E-state index contributed by atoms with van der Waals surface area (Å²) in [4.78, 5) is 17.2. The molecule has 1 aliphatic carbocycles. The van der Waals surface area contributed by atoms with E-state index in [1.807, 2.05) is 86.8 Å². The number of aldehydes is 1. The van der Waals surface area contributed by atoms with Crippen LogP contribution in [0.1, 0.15) is 201 Å². The summed E-state index contributed by atoms with van der Waals surface area (Å²) in [6.07, 6.45) is 5.51. The first kappa shape index (κ1) is 112. The standard InChI is InChI=1S/C17H18.3C12H12.C12H18.C11H11N.C10H10O.C10H10S.C9H12.C7H6O.C6H8O.C6H8S.2CH4.BO.BH.FH/c1-11-9-14-13-7-5-6-8-15(13)17(3,4)16(14)10-12(11)2;1-9-7-11-5-3-4-6-12(11)8-10(9)2;2*1-9-7-8-11-5-3-4-6-12(11)10(9)2;1-7-8(2)10(4)12(6)11(5)9(7)3;1-8-6-10-4-3-5-12-11(10)7-9(8)2;2*1-7-8(2)11-10-6-4-3-5-9(7)10;1-3-9-7-5-4-6-8(9)2;8-6-7-4-2-1-3-5-7;2*1-5-3-4-7-6(5)2;;;1-2;;/h5-10H,1-4H3;3*3-8H,1-2H3;1-6H3;3-7H,1-2H3;2*3-6H,1-2H3;4-7H,3H2,1-2H3;1-6H;2*3-4H,1-2H3;2*1H4;;2*1H/i;;;;;;;;;;;;;;;1T;/hT. The maximum atomic E-state index is 10.0. The third kappa shape index (κ3) is 31.2. The van der Waals surface area contributed by atoms with Crippen LogP contribution in [-0.4, -0.2) is 30.1 Å². The Balaban J connectivity index is 0.000000314. The zero-order valence-electron chi connectivity index (χ0n) is 86.6. The molecule has 0 saturated carbocycles. The zero-order chi connectivity index (χ0) is 101. The van der Waals surface area contributed by atoms with Crippen LogP contribution >= 0.6 is 22.7 Å². The van der Waals surface area contributed by atoms with Crippen LogP contribution in [0.3, 0.4) is 0 Å². The van der Waals surface area contributed by atoms with Crippen molar-refractivity contribution >= 4 is 109 Å². The van der Waals surface area contributed by atoms with Crippen molar-refractivity contribution in [3.8, 4) is 11.1 Å². The molecule has 0 atom stereocenters. The number of para-hydroxylation sites is 1. The number of furan rings is 2. The van der Waals surface area contributed by atoms with Crippen LogP contribution in [0, 0.1) is 173 Å². The van der Waals surface area contributed by atoms with Crippen LogP contribution < -0.4 is 0 Å². The molecule has 0 spiro atoms. The Morgan fingerprint density at radius 3 is 1.24 bits per heavy atom. The van der Waals surface area contributed by atoms with Gasteiger partial charge in [0.25, 0.3) is 1.45 Å². The molecule has 14 aromatic carbocycles. The normalized spacial score (nSPS) is 10.5. The summed E-state index contributed by atoms with van der Waals surface area (Å²) in [5.41, 5.74) is 39.3. The molecule has 705 valence electrons. The predicted molar refractivity (Wildman–Crippen MR) is 601 cm³/mol. The van der Waals surface area contributed by atoms with E-state index in [4.69, 9.17) is 19.6 Å². The van der Waals surface area contributed by atoms with E-state index in [-0.39, 0.29) is 20.3 Å². The molecular formula is C126H147B2FNO4S2. The molecule has 0 N–H and O–H groups in total. The number of hydrogen-bond acceptors (Lipinski definition) is 7. The van der Waals surface area contributed by atoms with E-state index in [2.05, 4.69) is 425 Å². The second-order valence-corrected chi connectivity index (χ2v) is 37.3. The topological polar surface area (TPSA) is 73.3 Å². The maximum absolute atomic E-state index is 10.0. The van der Waals surface area contributed by atoms with Crippen molar-refractivity contribution in [1.82, 2.24) is 4.98 Å². The number of thiophene rings is 2. The minimum atomic E-state index is 0. The molecule has 136 heavy (non-hydrogen) atoms. The van der Waals surface area contributed by atoms with Gasteiger partial charge in [0.15, 0.2) is 0 Å². The number of pyridine rings is 1. The quantitative estimate of drug-likeness (QED) is 0.127. The molecular weight excluding hydrogens is 1700 g/mol. The Kier molecular flexibility index (Phi) is 46.1. The molecule has 19 aromatic rings. The van der Waals surface area contributed by atoms with Crippen molar-refractivity contribution in [1.29, 1.82) is 2.79 Å². The van der Waals surface area contributed by atoms with E-state index in [0.29, 0.717) is 0 Å². The summed E-state index contributed by atoms with van der Waals surface area (Å²) < 4.78 is 37.9. The Morgan fingerprint density at radius 2 is 0.794 bits per heavy atom. The van der Waals surface area contributed by atoms with E-state index >= 15 is 0 Å². The number of aryl methyl sites for hydroxylation is 20. The molecule has 0 fully saturated rings. The molecule has 0 saturated heterocycles. The number of carbonyl (C=O) groups is 1. The van der Waals surface area contributed by atoms with E-state index in [1.165, 1.54) is 208 Å². The van der Waals surface area contributed by atoms with Crippen molar-refractivity contribution in [2.45, 2.75) is 221 Å². The number of halogens is 1. The van der Waals surface area contributed by atoms with Crippen LogP contribution in [0.25, 0.3) is 75.4 Å². The minimum absolute atomic E-state index is 0. The number of benzene rings is 14. The molecule has 20 rings (SSSR count). The fourth-order valence-electron chi connectivity index (χ4n) is 15.6. The summed E-state index contributed by atoms with van der Waals surface area (Å²) in [6, 6.07) is 98.9. The molecule has 10 heteroatoms. The first-order valence-electron chi connectivity index (χ1n) is 46.6. The first-order valence-corrected chi connectivity index (χ1v) is 47.4. The predicted octanol–water partition coefficient (Wildman–Crippen LogP) is 36.5. The average molecular weight is 1850 g/mol. The van der Waals surface area contributed by atoms with Crippen LogP contribution in [-0.2, 0) is 16.5 Å². The van der Waals surface area contributed by atoms with Crippen LogP contribution in [0.5, 0.6) is 0 Å².